The summed E-state index contributed by atoms with van der Waals surface area (Å²) in [6.45, 7) is 12.8. The molecule has 2 saturated carbocycles. The van der Waals surface area contributed by atoms with E-state index >= 15 is 0 Å². The number of ketones is 2. The van der Waals surface area contributed by atoms with Gasteiger partial charge in [0.1, 0.15) is 0 Å². The molecule has 2 aliphatic carbocycles. The number of benzene rings is 1. The number of rotatable bonds is 6. The highest BCUT2D eigenvalue weighted by Crippen LogP contribution is 2.62. The van der Waals surface area contributed by atoms with Crippen LogP contribution in [0.5, 0.6) is 0 Å². The van der Waals surface area contributed by atoms with Crippen molar-refractivity contribution >= 4 is 11.6 Å². The summed E-state index contributed by atoms with van der Waals surface area (Å²) in [6.07, 6.45) is 6.38. The van der Waals surface area contributed by atoms with E-state index in [2.05, 4.69) is 27.7 Å². The summed E-state index contributed by atoms with van der Waals surface area (Å²) < 4.78 is 26.3. The maximum absolute atomic E-state index is 13.7. The molecule has 8 unspecified atom stereocenters. The normalized spacial score (nSPS) is 52.0. The average molecular weight is 695 g/mol. The second kappa shape index (κ2) is 11.9. The zero-order valence-corrected chi connectivity index (χ0v) is 30.4. The van der Waals surface area contributed by atoms with Crippen LogP contribution in [0.25, 0.3) is 0 Å². The Morgan fingerprint density at radius 3 is 1.38 bits per heavy atom. The molecular formula is C40H54O10. The van der Waals surface area contributed by atoms with Crippen LogP contribution in [0.3, 0.4) is 0 Å². The Bertz CT molecular complexity index is 1400. The second-order valence-corrected chi connectivity index (χ2v) is 17.7. The molecule has 8 aliphatic heterocycles. The van der Waals surface area contributed by atoms with E-state index in [1.54, 1.807) is 24.3 Å². The van der Waals surface area contributed by atoms with Crippen LogP contribution in [0, 0.1) is 47.3 Å². The summed E-state index contributed by atoms with van der Waals surface area (Å²) in [5, 5.41) is 0. The third kappa shape index (κ3) is 4.95. The molecule has 0 N–H and O–H groups in total. The van der Waals surface area contributed by atoms with Crippen molar-refractivity contribution in [2.45, 2.75) is 153 Å². The first kappa shape index (κ1) is 34.0. The zero-order chi connectivity index (χ0) is 34.8. The molecule has 16 atom stereocenters. The lowest BCUT2D eigenvalue weighted by Gasteiger charge is -2.60. The minimum atomic E-state index is -0.850. The Kier molecular flexibility index (Phi) is 8.08. The van der Waals surface area contributed by atoms with Crippen molar-refractivity contribution in [2.75, 3.05) is 0 Å². The van der Waals surface area contributed by atoms with E-state index in [0.29, 0.717) is 23.0 Å². The molecule has 0 radical (unpaired) electrons. The summed E-state index contributed by atoms with van der Waals surface area (Å²) in [5.74, 6) is 0.342. The van der Waals surface area contributed by atoms with Crippen LogP contribution in [0.1, 0.15) is 126 Å². The zero-order valence-electron chi connectivity index (χ0n) is 30.4. The van der Waals surface area contributed by atoms with E-state index in [9.17, 15) is 9.59 Å². The third-order valence-corrected chi connectivity index (χ3v) is 14.9. The number of hydrogen-bond donors (Lipinski definition) is 0. The fourth-order valence-corrected chi connectivity index (χ4v) is 11.9. The monoisotopic (exact) mass is 694 g/mol. The van der Waals surface area contributed by atoms with Gasteiger partial charge in [-0.05, 0) is 87.9 Å². The topological polar surface area (TPSA) is 108 Å². The Balaban J connectivity index is 0.878. The first-order chi connectivity index (χ1) is 23.9. The number of ether oxygens (including phenoxy) is 4. The largest absolute Gasteiger partial charge is 0.345 e. The van der Waals surface area contributed by atoms with Crippen molar-refractivity contribution in [3.8, 4) is 0 Å². The highest BCUT2D eigenvalue weighted by Gasteiger charge is 2.71. The van der Waals surface area contributed by atoms with Gasteiger partial charge in [-0.1, -0.05) is 52.0 Å². The molecule has 4 bridgehead atoms. The molecule has 50 heavy (non-hydrogen) atoms. The highest BCUT2D eigenvalue weighted by atomic mass is 17.3. The van der Waals surface area contributed by atoms with Crippen LogP contribution in [-0.2, 0) is 38.5 Å². The first-order valence-electron chi connectivity index (χ1n) is 19.4. The summed E-state index contributed by atoms with van der Waals surface area (Å²) >= 11 is 0. The van der Waals surface area contributed by atoms with Crippen LogP contribution in [0.2, 0.25) is 0 Å². The Morgan fingerprint density at radius 1 is 0.580 bits per heavy atom. The van der Waals surface area contributed by atoms with Crippen LogP contribution >= 0.6 is 0 Å². The Hall–Kier alpha value is -1.76. The summed E-state index contributed by atoms with van der Waals surface area (Å²) in [5.41, 5.74) is -0.149. The van der Waals surface area contributed by atoms with E-state index < -0.39 is 35.4 Å². The maximum Gasteiger partial charge on any atom is 0.201 e. The van der Waals surface area contributed by atoms with Gasteiger partial charge in [-0.3, -0.25) is 9.59 Å². The lowest BCUT2D eigenvalue weighted by molar-refractivity contribution is -0.571. The van der Waals surface area contributed by atoms with Crippen LogP contribution in [-0.4, -0.2) is 59.1 Å². The van der Waals surface area contributed by atoms with Crippen molar-refractivity contribution in [3.63, 3.8) is 0 Å². The van der Waals surface area contributed by atoms with Gasteiger partial charge in [-0.2, -0.15) is 0 Å². The third-order valence-electron chi connectivity index (χ3n) is 14.9. The fourth-order valence-electron chi connectivity index (χ4n) is 11.9. The molecule has 1 aromatic rings. The van der Waals surface area contributed by atoms with Crippen LogP contribution < -0.4 is 0 Å². The van der Waals surface area contributed by atoms with E-state index in [0.717, 1.165) is 51.4 Å². The van der Waals surface area contributed by atoms with Gasteiger partial charge in [0.2, 0.25) is 11.6 Å². The van der Waals surface area contributed by atoms with Gasteiger partial charge in [0, 0.05) is 48.6 Å². The standard InChI is InChI=1S/C40H54O10/c1-21-7-13-29-23(3)33(43-35-39(29)27(21)15-17-37(5,45-35)47-49-39)19-31(41)25-9-11-26(12-10-25)32(42)20-34-24(4)30-14-8-22(2)28-16-18-38(6)46-36(44-34)40(28,30)50-48-38/h9-12,21-24,27-30,33-36H,7-8,13-20H2,1-6H3/t21-,22-,23-,24-,27+,28+,29+,30+,33?,34?,35?,36?,37?,38?,39?,40?/m1/s1. The van der Waals surface area contributed by atoms with Crippen molar-refractivity contribution in [2.24, 2.45) is 47.3 Å². The number of fused-ring (bicyclic) bond motifs is 4. The number of Topliss-reactive ketones (excluding diaryl/α,β-unsaturated/α-hetero) is 2. The smallest absolute Gasteiger partial charge is 0.201 e. The van der Waals surface area contributed by atoms with E-state index in [-0.39, 0.29) is 72.1 Å². The first-order valence-corrected chi connectivity index (χ1v) is 19.4. The lowest BCUT2D eigenvalue weighted by Crippen LogP contribution is -2.70. The molecule has 1 aromatic carbocycles. The molecule has 274 valence electrons. The van der Waals surface area contributed by atoms with E-state index in [1.165, 1.54) is 0 Å². The molecule has 2 spiro atoms. The minimum absolute atomic E-state index is 0.00779. The van der Waals surface area contributed by atoms with E-state index in [1.807, 2.05) is 13.8 Å². The summed E-state index contributed by atoms with van der Waals surface area (Å²) in [6, 6.07) is 7.10. The molecule has 11 rings (SSSR count). The van der Waals surface area contributed by atoms with Crippen molar-refractivity contribution in [3.05, 3.63) is 35.4 Å². The van der Waals surface area contributed by atoms with Gasteiger partial charge >= 0.3 is 0 Å². The van der Waals surface area contributed by atoms with Crippen molar-refractivity contribution in [1.29, 1.82) is 0 Å². The van der Waals surface area contributed by atoms with Gasteiger partial charge in [-0.15, -0.1) is 0 Å². The number of hydrogen-bond acceptors (Lipinski definition) is 10. The van der Waals surface area contributed by atoms with Gasteiger partial charge in [0.05, 0.1) is 12.2 Å². The highest BCUT2D eigenvalue weighted by molar-refractivity contribution is 5.99. The van der Waals surface area contributed by atoms with Crippen molar-refractivity contribution in [1.82, 2.24) is 0 Å². The molecule has 8 heterocycles. The predicted octanol–water partition coefficient (Wildman–Crippen LogP) is 7.33. The molecule has 0 amide bonds. The summed E-state index contributed by atoms with van der Waals surface area (Å²) in [4.78, 5) is 51.9. The Labute approximate surface area is 295 Å². The molecule has 8 saturated heterocycles. The second-order valence-electron chi connectivity index (χ2n) is 17.7. The van der Waals surface area contributed by atoms with Crippen molar-refractivity contribution < 1.29 is 48.1 Å². The SMILES string of the molecule is C[C@@H]1CC[C@H]2[C@@H](C)C(CC(=O)c3ccc(C(=O)CC4OC5OC6(C)CC[C@H]7[C@H](C)CC[C@@H]([C@H]4C)C57OO6)cc3)OC3OC4(C)CC[C@@H]1C32OO4. The molecule has 10 fully saturated rings. The van der Waals surface area contributed by atoms with Gasteiger partial charge in [0.15, 0.2) is 35.3 Å². The molecular weight excluding hydrogens is 640 g/mol. The fraction of sp³-hybridized carbons (Fsp3) is 0.800. The average Bonchev–Trinajstić information content (AvgIpc) is 3.47. The summed E-state index contributed by atoms with van der Waals surface area (Å²) in [7, 11) is 0. The predicted molar refractivity (Wildman–Crippen MR) is 178 cm³/mol. The molecule has 10 nitrogen and oxygen atoms in total. The minimum Gasteiger partial charge on any atom is -0.345 e. The molecule has 10 aliphatic rings. The number of carbonyl (C=O) groups is 2. The van der Waals surface area contributed by atoms with Gasteiger partial charge in [-0.25, -0.2) is 19.6 Å². The van der Waals surface area contributed by atoms with Gasteiger partial charge in [0.25, 0.3) is 0 Å². The van der Waals surface area contributed by atoms with E-state index in [4.69, 9.17) is 38.5 Å². The molecule has 0 aromatic heterocycles. The van der Waals surface area contributed by atoms with Crippen LogP contribution in [0.15, 0.2) is 24.3 Å². The van der Waals surface area contributed by atoms with Gasteiger partial charge < -0.3 is 18.9 Å². The van der Waals surface area contributed by atoms with Crippen LogP contribution in [0.4, 0.5) is 0 Å². The molecule has 10 heteroatoms. The lowest BCUT2D eigenvalue weighted by atomic mass is 9.57. The Morgan fingerprint density at radius 2 is 0.980 bits per heavy atom. The maximum atomic E-state index is 13.7. The number of carbonyl (C=O) groups excluding carboxylic acids is 2. The quantitative estimate of drug-likeness (QED) is 0.222.